The Hall–Kier alpha value is -1.08. The van der Waals surface area contributed by atoms with Crippen molar-refractivity contribution in [2.45, 2.75) is 64.8 Å². The minimum Gasteiger partial charge on any atom is -0.324 e. The van der Waals surface area contributed by atoms with Gasteiger partial charge in [-0.3, -0.25) is 13.8 Å². The Morgan fingerprint density at radius 2 is 1.74 bits per heavy atom. The van der Waals surface area contributed by atoms with E-state index in [1.807, 2.05) is 0 Å². The molecular weight excluding hydrogens is 392 g/mol. The lowest BCUT2D eigenvalue weighted by atomic mass is 10.1. The van der Waals surface area contributed by atoms with Gasteiger partial charge in [-0.1, -0.05) is 28.5 Å². The lowest BCUT2D eigenvalue weighted by Gasteiger charge is -2.18. The highest BCUT2D eigenvalue weighted by atomic mass is 31.2. The molecule has 0 aliphatic carbocycles. The fraction of sp³-hybridized carbons (Fsp3) is 0.625. The SMILES string of the molecule is CC(C)=CCC/C(C)=C/CCCn1cc(CC(P(=O)(O)O)P(=O)(O)O)nn1. The average Bonchev–Trinajstić information content (AvgIpc) is 2.94. The first kappa shape index (κ1) is 24.0. The Morgan fingerprint density at radius 1 is 1.11 bits per heavy atom. The van der Waals surface area contributed by atoms with Crippen LogP contribution in [0.15, 0.2) is 29.5 Å². The Bertz CT molecular complexity index is 736. The molecule has 0 aliphatic heterocycles. The van der Waals surface area contributed by atoms with Gasteiger partial charge in [-0.05, 0) is 46.5 Å². The third kappa shape index (κ3) is 9.60. The first-order chi connectivity index (χ1) is 12.4. The Balaban J connectivity index is 2.52. The second-order valence-corrected chi connectivity index (χ2v) is 10.9. The van der Waals surface area contributed by atoms with Gasteiger partial charge < -0.3 is 19.6 Å². The van der Waals surface area contributed by atoms with Crippen molar-refractivity contribution in [2.24, 2.45) is 0 Å². The lowest BCUT2D eigenvalue weighted by molar-refractivity contribution is 0.337. The summed E-state index contributed by atoms with van der Waals surface area (Å²) in [5.74, 6) is 0. The molecule has 0 fully saturated rings. The van der Waals surface area contributed by atoms with Gasteiger partial charge in [0.05, 0.1) is 5.69 Å². The first-order valence-corrected chi connectivity index (χ1v) is 12.0. The van der Waals surface area contributed by atoms with E-state index in [9.17, 15) is 9.13 Å². The minimum absolute atomic E-state index is 0.139. The molecule has 1 aromatic rings. The van der Waals surface area contributed by atoms with E-state index < -0.39 is 27.0 Å². The molecule has 0 saturated carbocycles. The van der Waals surface area contributed by atoms with Gasteiger partial charge in [-0.2, -0.15) is 0 Å². The van der Waals surface area contributed by atoms with Crippen LogP contribution in [0.2, 0.25) is 0 Å². The summed E-state index contributed by atoms with van der Waals surface area (Å²) in [5, 5.41) is 5.51. The van der Waals surface area contributed by atoms with Crippen LogP contribution in [0.4, 0.5) is 0 Å². The third-order valence-corrected chi connectivity index (χ3v) is 7.65. The molecule has 9 nitrogen and oxygen atoms in total. The van der Waals surface area contributed by atoms with Crippen molar-refractivity contribution in [1.29, 1.82) is 0 Å². The minimum atomic E-state index is -4.96. The monoisotopic (exact) mass is 421 g/mol. The number of hydrogen-bond acceptors (Lipinski definition) is 4. The molecule has 0 spiro atoms. The van der Waals surface area contributed by atoms with Gasteiger partial charge in [0.2, 0.25) is 0 Å². The summed E-state index contributed by atoms with van der Waals surface area (Å²) in [6.07, 6.45) is 9.03. The van der Waals surface area contributed by atoms with Crippen LogP contribution >= 0.6 is 15.2 Å². The number of aryl methyl sites for hydroxylation is 1. The fourth-order valence-corrected chi connectivity index (χ4v) is 4.87. The van der Waals surface area contributed by atoms with Crippen molar-refractivity contribution in [2.75, 3.05) is 0 Å². The molecule has 27 heavy (non-hydrogen) atoms. The van der Waals surface area contributed by atoms with Crippen LogP contribution < -0.4 is 0 Å². The Morgan fingerprint density at radius 3 is 2.30 bits per heavy atom. The van der Waals surface area contributed by atoms with E-state index in [4.69, 9.17) is 19.6 Å². The maximum Gasteiger partial charge on any atom is 0.341 e. The summed E-state index contributed by atoms with van der Waals surface area (Å²) in [5.41, 5.74) is 2.77. The highest BCUT2D eigenvalue weighted by Gasteiger charge is 2.43. The van der Waals surface area contributed by atoms with Crippen molar-refractivity contribution >= 4 is 15.2 Å². The zero-order chi connectivity index (χ0) is 20.7. The number of aromatic nitrogens is 3. The second kappa shape index (κ2) is 10.5. The summed E-state index contributed by atoms with van der Waals surface area (Å²) in [7, 11) is -9.92. The predicted octanol–water partition coefficient (Wildman–Crippen LogP) is 2.98. The molecule has 0 amide bonds. The number of unbranched alkanes of at least 4 members (excludes halogenated alkanes) is 1. The van der Waals surface area contributed by atoms with Crippen molar-refractivity contribution < 1.29 is 28.7 Å². The summed E-state index contributed by atoms with van der Waals surface area (Å²) < 4.78 is 24.1. The first-order valence-electron chi connectivity index (χ1n) is 8.68. The van der Waals surface area contributed by atoms with Crippen LogP contribution in [0, 0.1) is 0 Å². The van der Waals surface area contributed by atoms with E-state index in [1.54, 1.807) is 0 Å². The standard InChI is InChI=1S/C16H29N3O6P2/c1-13(2)7-6-9-14(3)8-4-5-10-19-12-15(17-18-19)11-16(26(20,21)22)27(23,24)25/h7-8,12,16H,4-6,9-11H2,1-3H3,(H2,20,21,22)(H2,23,24,25)/b14-8+. The van der Waals surface area contributed by atoms with Crippen LogP contribution in [0.1, 0.15) is 52.1 Å². The van der Waals surface area contributed by atoms with E-state index in [2.05, 4.69) is 43.2 Å². The molecule has 0 bridgehead atoms. The quantitative estimate of drug-likeness (QED) is 0.242. The molecular formula is C16H29N3O6P2. The van der Waals surface area contributed by atoms with E-state index in [-0.39, 0.29) is 5.69 Å². The molecule has 0 atom stereocenters. The van der Waals surface area contributed by atoms with Crippen molar-refractivity contribution in [3.63, 3.8) is 0 Å². The summed E-state index contributed by atoms with van der Waals surface area (Å²) in [4.78, 5) is 36.6. The van der Waals surface area contributed by atoms with Crippen LogP contribution in [0.25, 0.3) is 0 Å². The average molecular weight is 421 g/mol. The third-order valence-electron chi connectivity index (χ3n) is 3.93. The molecule has 1 heterocycles. The van der Waals surface area contributed by atoms with Crippen molar-refractivity contribution in [3.8, 4) is 0 Å². The van der Waals surface area contributed by atoms with Crippen LogP contribution in [-0.4, -0.2) is 40.0 Å². The van der Waals surface area contributed by atoms with E-state index in [1.165, 1.54) is 22.0 Å². The highest BCUT2D eigenvalue weighted by molar-refractivity contribution is 7.70. The van der Waals surface area contributed by atoms with Gasteiger partial charge in [0, 0.05) is 19.2 Å². The van der Waals surface area contributed by atoms with E-state index in [0.29, 0.717) is 6.54 Å². The Labute approximate surface area is 159 Å². The van der Waals surface area contributed by atoms with Crippen molar-refractivity contribution in [1.82, 2.24) is 15.0 Å². The van der Waals surface area contributed by atoms with Crippen molar-refractivity contribution in [3.05, 3.63) is 35.2 Å². The maximum atomic E-state index is 11.3. The van der Waals surface area contributed by atoms with Gasteiger partial charge in [0.15, 0.2) is 5.40 Å². The molecule has 0 unspecified atom stereocenters. The van der Waals surface area contributed by atoms with Gasteiger partial charge in [0.1, 0.15) is 0 Å². The largest absolute Gasteiger partial charge is 0.341 e. The van der Waals surface area contributed by atoms with Gasteiger partial charge in [0.25, 0.3) is 0 Å². The summed E-state index contributed by atoms with van der Waals surface area (Å²) in [6.45, 7) is 6.80. The number of nitrogens with zero attached hydrogens (tertiary/aromatic N) is 3. The second-order valence-electron chi connectivity index (χ2n) is 6.85. The van der Waals surface area contributed by atoms with Gasteiger partial charge in [-0.25, -0.2) is 0 Å². The van der Waals surface area contributed by atoms with Gasteiger partial charge >= 0.3 is 15.2 Å². The normalized spacial score (nSPS) is 13.3. The molecule has 1 rings (SSSR count). The maximum absolute atomic E-state index is 11.3. The molecule has 0 radical (unpaired) electrons. The molecule has 154 valence electrons. The lowest BCUT2D eigenvalue weighted by Crippen LogP contribution is -2.13. The molecule has 0 aliphatic rings. The molecule has 11 heteroatoms. The number of rotatable bonds is 11. The molecule has 4 N–H and O–H groups in total. The van der Waals surface area contributed by atoms with E-state index in [0.717, 1.165) is 25.7 Å². The summed E-state index contributed by atoms with van der Waals surface area (Å²) >= 11 is 0. The highest BCUT2D eigenvalue weighted by Crippen LogP contribution is 2.60. The van der Waals surface area contributed by atoms with Crippen LogP contribution in [0.3, 0.4) is 0 Å². The zero-order valence-electron chi connectivity index (χ0n) is 15.9. The molecule has 0 aromatic carbocycles. The fourth-order valence-electron chi connectivity index (χ4n) is 2.45. The number of allylic oxidation sites excluding steroid dienone is 4. The van der Waals surface area contributed by atoms with Crippen LogP contribution in [0.5, 0.6) is 0 Å². The van der Waals surface area contributed by atoms with E-state index >= 15 is 0 Å². The Kier molecular flexibility index (Phi) is 9.28. The smallest absolute Gasteiger partial charge is 0.324 e. The topological polar surface area (TPSA) is 146 Å². The number of hydrogen-bond donors (Lipinski definition) is 4. The predicted molar refractivity (Wildman–Crippen MR) is 103 cm³/mol. The molecule has 1 aromatic heterocycles. The van der Waals surface area contributed by atoms with Crippen LogP contribution in [-0.2, 0) is 22.1 Å². The van der Waals surface area contributed by atoms with Gasteiger partial charge in [-0.15, -0.1) is 5.10 Å². The zero-order valence-corrected chi connectivity index (χ0v) is 17.7. The summed E-state index contributed by atoms with van der Waals surface area (Å²) in [6, 6.07) is 0. The molecule has 0 saturated heterocycles.